The zero-order valence-electron chi connectivity index (χ0n) is 18.0. The molecule has 6 nitrogen and oxygen atoms in total. The predicted molar refractivity (Wildman–Crippen MR) is 124 cm³/mol. The second-order valence-electron chi connectivity index (χ2n) is 7.05. The van der Waals surface area contributed by atoms with E-state index in [0.717, 1.165) is 4.57 Å². The van der Waals surface area contributed by atoms with Crippen LogP contribution in [0.2, 0.25) is 0 Å². The number of rotatable bonds is 7. The topological polar surface area (TPSA) is 65.4 Å². The van der Waals surface area contributed by atoms with Crippen molar-refractivity contribution in [3.05, 3.63) is 78.4 Å². The van der Waals surface area contributed by atoms with Gasteiger partial charge in [0.2, 0.25) is 5.91 Å². The van der Waals surface area contributed by atoms with E-state index in [0.29, 0.717) is 39.3 Å². The molecule has 0 spiro atoms. The van der Waals surface area contributed by atoms with E-state index < -0.39 is 6.55 Å². The van der Waals surface area contributed by atoms with Gasteiger partial charge < -0.3 is 14.8 Å². The van der Waals surface area contributed by atoms with Gasteiger partial charge in [-0.05, 0) is 48.5 Å². The van der Waals surface area contributed by atoms with Crippen LogP contribution in [0.3, 0.4) is 0 Å². The number of para-hydroxylation sites is 3. The van der Waals surface area contributed by atoms with Crippen LogP contribution in [0, 0.1) is 0 Å². The van der Waals surface area contributed by atoms with E-state index in [1.807, 2.05) is 0 Å². The molecule has 33 heavy (non-hydrogen) atoms. The Balaban J connectivity index is 1.52. The van der Waals surface area contributed by atoms with Gasteiger partial charge in [0.15, 0.2) is 11.5 Å². The highest BCUT2D eigenvalue weighted by atomic mass is 19.3. The third kappa shape index (κ3) is 4.55. The lowest BCUT2D eigenvalue weighted by Crippen LogP contribution is -2.07. The number of nitrogens with zero attached hydrogens (tertiary/aromatic N) is 2. The number of hydrogen-bond donors (Lipinski definition) is 1. The molecule has 0 aliphatic heterocycles. The molecule has 0 saturated carbocycles. The summed E-state index contributed by atoms with van der Waals surface area (Å²) in [4.78, 5) is 16.7. The molecule has 0 radical (unpaired) electrons. The number of fused-ring (bicyclic) bond motifs is 1. The molecule has 0 fully saturated rings. The monoisotopic (exact) mass is 449 g/mol. The second kappa shape index (κ2) is 9.52. The van der Waals surface area contributed by atoms with Crippen molar-refractivity contribution in [3.8, 4) is 22.9 Å². The largest absolute Gasteiger partial charge is 0.493 e. The van der Waals surface area contributed by atoms with E-state index in [2.05, 4.69) is 10.3 Å². The van der Waals surface area contributed by atoms with Crippen molar-refractivity contribution in [1.82, 2.24) is 9.55 Å². The van der Waals surface area contributed by atoms with Crippen molar-refractivity contribution in [2.45, 2.75) is 6.55 Å². The number of halogens is 2. The smallest absolute Gasteiger partial charge is 0.320 e. The second-order valence-corrected chi connectivity index (χ2v) is 7.05. The normalized spacial score (nSPS) is 11.3. The summed E-state index contributed by atoms with van der Waals surface area (Å²) in [5.41, 5.74) is 2.57. The number of ether oxygens (including phenoxy) is 2. The van der Waals surface area contributed by atoms with Gasteiger partial charge >= 0.3 is 6.55 Å². The standard InChI is InChI=1S/C25H21F2N3O3/c1-32-21-9-5-6-16(23(21)33-2)12-15-22(31)28-18-13-10-17(11-14-18)24-29-19-7-3-4-8-20(19)30(24)25(26)27/h3-15,25H,1-2H3,(H,28,31)/b15-12+. The number of carbonyl (C=O) groups excluding carboxylic acids is 1. The zero-order valence-corrected chi connectivity index (χ0v) is 18.0. The Morgan fingerprint density at radius 3 is 2.45 bits per heavy atom. The highest BCUT2D eigenvalue weighted by Gasteiger charge is 2.18. The maximum Gasteiger partial charge on any atom is 0.320 e. The van der Waals surface area contributed by atoms with Crippen LogP contribution in [-0.2, 0) is 4.79 Å². The first-order valence-electron chi connectivity index (χ1n) is 10.1. The number of amides is 1. The zero-order chi connectivity index (χ0) is 23.4. The van der Waals surface area contributed by atoms with Crippen molar-refractivity contribution in [2.75, 3.05) is 19.5 Å². The number of anilines is 1. The van der Waals surface area contributed by atoms with E-state index in [1.165, 1.54) is 20.3 Å². The van der Waals surface area contributed by atoms with E-state index in [4.69, 9.17) is 9.47 Å². The Morgan fingerprint density at radius 2 is 1.76 bits per heavy atom. The van der Waals surface area contributed by atoms with Gasteiger partial charge in [0.25, 0.3) is 0 Å². The van der Waals surface area contributed by atoms with Crippen LogP contribution in [0.25, 0.3) is 28.5 Å². The summed E-state index contributed by atoms with van der Waals surface area (Å²) in [5, 5.41) is 2.75. The summed E-state index contributed by atoms with van der Waals surface area (Å²) in [5.74, 6) is 0.891. The Hall–Kier alpha value is -4.20. The van der Waals surface area contributed by atoms with Crippen molar-refractivity contribution >= 4 is 28.7 Å². The van der Waals surface area contributed by atoms with Gasteiger partial charge in [-0.2, -0.15) is 8.78 Å². The molecule has 0 atom stereocenters. The quantitative estimate of drug-likeness (QED) is 0.364. The third-order valence-corrected chi connectivity index (χ3v) is 5.05. The maximum atomic E-state index is 13.7. The predicted octanol–water partition coefficient (Wildman–Crippen LogP) is 5.77. The average Bonchev–Trinajstić information content (AvgIpc) is 3.22. The van der Waals surface area contributed by atoms with E-state index >= 15 is 0 Å². The van der Waals surface area contributed by atoms with Crippen LogP contribution >= 0.6 is 0 Å². The first-order valence-corrected chi connectivity index (χ1v) is 10.1. The van der Waals surface area contributed by atoms with Gasteiger partial charge in [-0.1, -0.05) is 24.3 Å². The molecule has 168 valence electrons. The molecule has 0 aliphatic carbocycles. The van der Waals surface area contributed by atoms with Crippen LogP contribution in [0.15, 0.2) is 72.8 Å². The molecule has 8 heteroatoms. The molecule has 1 N–H and O–H groups in total. The molecule has 4 rings (SSSR count). The molecule has 1 heterocycles. The number of hydrogen-bond acceptors (Lipinski definition) is 4. The Bertz CT molecular complexity index is 1310. The van der Waals surface area contributed by atoms with Gasteiger partial charge in [0.1, 0.15) is 5.82 Å². The molecule has 0 saturated heterocycles. The van der Waals surface area contributed by atoms with Crippen LogP contribution < -0.4 is 14.8 Å². The molecule has 3 aromatic carbocycles. The first kappa shape index (κ1) is 22.0. The number of alkyl halides is 2. The number of imidazole rings is 1. The molecule has 0 aliphatic rings. The summed E-state index contributed by atoms with van der Waals surface area (Å²) in [6, 6.07) is 18.7. The van der Waals surface area contributed by atoms with Crippen LogP contribution in [0.5, 0.6) is 11.5 Å². The minimum absolute atomic E-state index is 0.161. The number of benzene rings is 3. The number of aromatic nitrogens is 2. The molecular formula is C25H21F2N3O3. The van der Waals surface area contributed by atoms with Gasteiger partial charge in [-0.25, -0.2) is 4.98 Å². The van der Waals surface area contributed by atoms with E-state index in [9.17, 15) is 13.6 Å². The first-order chi connectivity index (χ1) is 16.0. The molecule has 1 aromatic heterocycles. The lowest BCUT2D eigenvalue weighted by atomic mass is 10.1. The number of methoxy groups -OCH3 is 2. The SMILES string of the molecule is COc1cccc(/C=C/C(=O)Nc2ccc(-c3nc4ccccc4n3C(F)F)cc2)c1OC. The van der Waals surface area contributed by atoms with E-state index in [-0.39, 0.29) is 11.7 Å². The summed E-state index contributed by atoms with van der Waals surface area (Å²) in [7, 11) is 3.07. The van der Waals surface area contributed by atoms with Gasteiger partial charge in [0.05, 0.1) is 25.3 Å². The highest BCUT2D eigenvalue weighted by Crippen LogP contribution is 2.32. The fraction of sp³-hybridized carbons (Fsp3) is 0.120. The molecule has 0 unspecified atom stereocenters. The summed E-state index contributed by atoms with van der Waals surface area (Å²) >= 11 is 0. The number of carbonyl (C=O) groups is 1. The van der Waals surface area contributed by atoms with Gasteiger partial charge in [-0.3, -0.25) is 9.36 Å². The fourth-order valence-electron chi connectivity index (χ4n) is 3.54. The van der Waals surface area contributed by atoms with E-state index in [1.54, 1.807) is 72.8 Å². The van der Waals surface area contributed by atoms with Crippen LogP contribution in [0.1, 0.15) is 12.1 Å². The Kier molecular flexibility index (Phi) is 6.35. The number of nitrogens with one attached hydrogen (secondary N) is 1. The summed E-state index contributed by atoms with van der Waals surface area (Å²) in [6.07, 6.45) is 3.00. The summed E-state index contributed by atoms with van der Waals surface area (Å²) < 4.78 is 38.9. The lowest BCUT2D eigenvalue weighted by Gasteiger charge is -2.10. The fourth-order valence-corrected chi connectivity index (χ4v) is 3.54. The lowest BCUT2D eigenvalue weighted by molar-refractivity contribution is -0.111. The summed E-state index contributed by atoms with van der Waals surface area (Å²) in [6.45, 7) is -2.73. The maximum absolute atomic E-state index is 13.7. The molecule has 0 bridgehead atoms. The Morgan fingerprint density at radius 1 is 1.00 bits per heavy atom. The van der Waals surface area contributed by atoms with Crippen LogP contribution in [-0.4, -0.2) is 29.7 Å². The molecule has 4 aromatic rings. The molecule has 1 amide bonds. The van der Waals surface area contributed by atoms with Gasteiger partial charge in [0, 0.05) is 22.9 Å². The highest BCUT2D eigenvalue weighted by molar-refractivity contribution is 6.02. The average molecular weight is 449 g/mol. The van der Waals surface area contributed by atoms with Gasteiger partial charge in [-0.15, -0.1) is 0 Å². The minimum Gasteiger partial charge on any atom is -0.493 e. The Labute approximate surface area is 189 Å². The van der Waals surface area contributed by atoms with Crippen molar-refractivity contribution in [3.63, 3.8) is 0 Å². The minimum atomic E-state index is -2.73. The molecular weight excluding hydrogens is 428 g/mol. The van der Waals surface area contributed by atoms with Crippen molar-refractivity contribution in [1.29, 1.82) is 0 Å². The van der Waals surface area contributed by atoms with Crippen molar-refractivity contribution < 1.29 is 23.0 Å². The third-order valence-electron chi connectivity index (χ3n) is 5.05. The van der Waals surface area contributed by atoms with Crippen LogP contribution in [0.4, 0.5) is 14.5 Å². The van der Waals surface area contributed by atoms with Crippen molar-refractivity contribution in [2.24, 2.45) is 0 Å².